The van der Waals surface area contributed by atoms with Crippen molar-refractivity contribution in [1.29, 1.82) is 0 Å². The average molecular weight is 408 g/mol. The highest BCUT2D eigenvalue weighted by Crippen LogP contribution is 2.25. The number of aryl methyl sites for hydroxylation is 2. The smallest absolute Gasteiger partial charge is 0.179 e. The Morgan fingerprint density at radius 1 is 1.03 bits per heavy atom. The molecular formula is C24H33N5O. The number of hydrogen-bond acceptors (Lipinski definition) is 5. The van der Waals surface area contributed by atoms with Crippen LogP contribution in [0, 0.1) is 0 Å². The quantitative estimate of drug-likeness (QED) is 0.537. The largest absolute Gasteiger partial charge is 0.491 e. The first-order valence-corrected chi connectivity index (χ1v) is 11.2. The Balaban J connectivity index is 1.31. The highest BCUT2D eigenvalue weighted by atomic mass is 16.5. The molecule has 160 valence electrons. The Hall–Kier alpha value is -2.60. The van der Waals surface area contributed by atoms with Crippen molar-refractivity contribution < 1.29 is 4.74 Å². The maximum absolute atomic E-state index is 5.42. The fourth-order valence-electron chi connectivity index (χ4n) is 4.40. The van der Waals surface area contributed by atoms with Gasteiger partial charge in [0.2, 0.25) is 0 Å². The SMILES string of the molecule is CCCCn1cc(CCCN2CCN(c3ncncc3OC)CC2)c2ccccc21. The van der Waals surface area contributed by atoms with Crippen LogP contribution in [0.1, 0.15) is 31.7 Å². The van der Waals surface area contributed by atoms with Gasteiger partial charge in [-0.05, 0) is 37.4 Å². The van der Waals surface area contributed by atoms with E-state index in [1.807, 2.05) is 0 Å². The number of methoxy groups -OCH3 is 1. The van der Waals surface area contributed by atoms with Crippen molar-refractivity contribution >= 4 is 16.7 Å². The summed E-state index contributed by atoms with van der Waals surface area (Å²) in [6.07, 6.45) is 10.5. The molecule has 2 aromatic heterocycles. The van der Waals surface area contributed by atoms with Crippen molar-refractivity contribution in [3.05, 3.63) is 48.5 Å². The van der Waals surface area contributed by atoms with Crippen LogP contribution >= 0.6 is 0 Å². The van der Waals surface area contributed by atoms with E-state index in [0.717, 1.165) is 57.3 Å². The summed E-state index contributed by atoms with van der Waals surface area (Å²) in [5.74, 6) is 1.66. The number of hydrogen-bond donors (Lipinski definition) is 0. The van der Waals surface area contributed by atoms with E-state index in [1.165, 1.54) is 35.7 Å². The second-order valence-electron chi connectivity index (χ2n) is 8.07. The van der Waals surface area contributed by atoms with Crippen molar-refractivity contribution in [3.63, 3.8) is 0 Å². The van der Waals surface area contributed by atoms with Gasteiger partial charge in [-0.25, -0.2) is 9.97 Å². The lowest BCUT2D eigenvalue weighted by Crippen LogP contribution is -2.47. The lowest BCUT2D eigenvalue weighted by Gasteiger charge is -2.35. The molecule has 0 bridgehead atoms. The van der Waals surface area contributed by atoms with Gasteiger partial charge in [0, 0.05) is 49.8 Å². The third kappa shape index (κ3) is 4.59. The molecule has 1 aromatic carbocycles. The van der Waals surface area contributed by atoms with Gasteiger partial charge in [0.1, 0.15) is 6.33 Å². The molecule has 0 saturated carbocycles. The van der Waals surface area contributed by atoms with Crippen molar-refractivity contribution in [2.75, 3.05) is 44.7 Å². The summed E-state index contributed by atoms with van der Waals surface area (Å²) in [4.78, 5) is 13.4. The fraction of sp³-hybridized carbons (Fsp3) is 0.500. The summed E-state index contributed by atoms with van der Waals surface area (Å²) in [5.41, 5.74) is 2.87. The minimum Gasteiger partial charge on any atom is -0.491 e. The lowest BCUT2D eigenvalue weighted by atomic mass is 10.1. The summed E-state index contributed by atoms with van der Waals surface area (Å²) >= 11 is 0. The highest BCUT2D eigenvalue weighted by Gasteiger charge is 2.20. The number of aromatic nitrogens is 3. The summed E-state index contributed by atoms with van der Waals surface area (Å²) in [5, 5.41) is 1.43. The van der Waals surface area contributed by atoms with Crippen LogP contribution < -0.4 is 9.64 Å². The summed E-state index contributed by atoms with van der Waals surface area (Å²) in [6, 6.07) is 8.85. The predicted molar refractivity (Wildman–Crippen MR) is 122 cm³/mol. The minimum absolute atomic E-state index is 0.755. The van der Waals surface area contributed by atoms with Gasteiger partial charge in [-0.1, -0.05) is 31.5 Å². The van der Waals surface area contributed by atoms with E-state index in [0.29, 0.717) is 0 Å². The molecule has 6 nitrogen and oxygen atoms in total. The number of unbranched alkanes of at least 4 members (excludes halogenated alkanes) is 1. The molecule has 0 radical (unpaired) electrons. The monoisotopic (exact) mass is 407 g/mol. The zero-order valence-corrected chi connectivity index (χ0v) is 18.3. The van der Waals surface area contributed by atoms with Crippen molar-refractivity contribution in [1.82, 2.24) is 19.4 Å². The number of para-hydroxylation sites is 1. The van der Waals surface area contributed by atoms with E-state index in [4.69, 9.17) is 4.74 Å². The Morgan fingerprint density at radius 3 is 2.67 bits per heavy atom. The molecule has 0 unspecified atom stereocenters. The Morgan fingerprint density at radius 2 is 1.87 bits per heavy atom. The van der Waals surface area contributed by atoms with Crippen LogP contribution in [-0.4, -0.2) is 59.3 Å². The molecule has 1 aliphatic rings. The molecule has 1 fully saturated rings. The Labute approximate surface area is 179 Å². The Bertz CT molecular complexity index is 946. The molecule has 1 saturated heterocycles. The maximum atomic E-state index is 5.42. The van der Waals surface area contributed by atoms with Gasteiger partial charge in [-0.2, -0.15) is 0 Å². The van der Waals surface area contributed by atoms with Gasteiger partial charge < -0.3 is 14.2 Å². The van der Waals surface area contributed by atoms with E-state index in [1.54, 1.807) is 19.6 Å². The normalized spacial score (nSPS) is 15.1. The lowest BCUT2D eigenvalue weighted by molar-refractivity contribution is 0.253. The average Bonchev–Trinajstić information content (AvgIpc) is 3.16. The van der Waals surface area contributed by atoms with Crippen molar-refractivity contribution in [3.8, 4) is 5.75 Å². The molecule has 0 atom stereocenters. The van der Waals surface area contributed by atoms with Crippen LogP contribution in [0.2, 0.25) is 0 Å². The third-order valence-electron chi connectivity index (χ3n) is 6.09. The Kier molecular flexibility index (Phi) is 6.84. The molecule has 0 aliphatic carbocycles. The zero-order valence-electron chi connectivity index (χ0n) is 18.3. The molecule has 6 heteroatoms. The topological polar surface area (TPSA) is 46.4 Å². The van der Waals surface area contributed by atoms with Gasteiger partial charge in [0.25, 0.3) is 0 Å². The predicted octanol–water partition coefficient (Wildman–Crippen LogP) is 3.99. The second kappa shape index (κ2) is 9.94. The standard InChI is InChI=1S/C24H33N5O/c1-3-4-12-29-18-20(21-9-5-6-10-22(21)29)8-7-11-27-13-15-28(16-14-27)24-23(30-2)17-25-19-26-24/h5-6,9-10,17-19H,3-4,7-8,11-16H2,1-2H3. The fourth-order valence-corrected chi connectivity index (χ4v) is 4.40. The number of piperazine rings is 1. The number of nitrogens with zero attached hydrogens (tertiary/aromatic N) is 5. The molecule has 4 rings (SSSR count). The van der Waals surface area contributed by atoms with Crippen LogP contribution in [0.4, 0.5) is 5.82 Å². The molecule has 0 spiro atoms. The third-order valence-corrected chi connectivity index (χ3v) is 6.09. The van der Waals surface area contributed by atoms with E-state index in [9.17, 15) is 0 Å². The molecule has 0 amide bonds. The van der Waals surface area contributed by atoms with Gasteiger partial charge >= 0.3 is 0 Å². The molecule has 0 N–H and O–H groups in total. The summed E-state index contributed by atoms with van der Waals surface area (Å²) < 4.78 is 7.87. The highest BCUT2D eigenvalue weighted by molar-refractivity contribution is 5.84. The van der Waals surface area contributed by atoms with E-state index < -0.39 is 0 Å². The molecule has 30 heavy (non-hydrogen) atoms. The molecule has 3 aromatic rings. The number of anilines is 1. The number of fused-ring (bicyclic) bond motifs is 1. The van der Waals surface area contributed by atoms with Gasteiger partial charge in [-0.15, -0.1) is 0 Å². The second-order valence-corrected chi connectivity index (χ2v) is 8.07. The first-order chi connectivity index (χ1) is 14.8. The minimum atomic E-state index is 0.755. The van der Waals surface area contributed by atoms with Crippen LogP contribution in [-0.2, 0) is 13.0 Å². The van der Waals surface area contributed by atoms with E-state index in [-0.39, 0.29) is 0 Å². The van der Waals surface area contributed by atoms with Crippen LogP contribution in [0.15, 0.2) is 43.0 Å². The van der Waals surface area contributed by atoms with E-state index >= 15 is 0 Å². The summed E-state index contributed by atoms with van der Waals surface area (Å²) in [7, 11) is 1.68. The van der Waals surface area contributed by atoms with Crippen LogP contribution in [0.5, 0.6) is 5.75 Å². The van der Waals surface area contributed by atoms with Crippen LogP contribution in [0.25, 0.3) is 10.9 Å². The number of rotatable bonds is 9. The zero-order chi connectivity index (χ0) is 20.8. The number of ether oxygens (including phenoxy) is 1. The van der Waals surface area contributed by atoms with Gasteiger partial charge in [-0.3, -0.25) is 4.90 Å². The van der Waals surface area contributed by atoms with Gasteiger partial charge in [0.15, 0.2) is 11.6 Å². The first kappa shape index (κ1) is 20.7. The molecule has 1 aliphatic heterocycles. The molecule has 3 heterocycles. The maximum Gasteiger partial charge on any atom is 0.179 e. The first-order valence-electron chi connectivity index (χ1n) is 11.2. The van der Waals surface area contributed by atoms with E-state index in [2.05, 4.69) is 61.7 Å². The van der Waals surface area contributed by atoms with Crippen molar-refractivity contribution in [2.24, 2.45) is 0 Å². The summed E-state index contributed by atoms with van der Waals surface area (Å²) in [6.45, 7) is 8.59. The molecular weight excluding hydrogens is 374 g/mol. The van der Waals surface area contributed by atoms with Crippen molar-refractivity contribution in [2.45, 2.75) is 39.2 Å². The number of benzene rings is 1. The van der Waals surface area contributed by atoms with Crippen LogP contribution in [0.3, 0.4) is 0 Å². The van der Waals surface area contributed by atoms with Gasteiger partial charge in [0.05, 0.1) is 13.3 Å².